The van der Waals surface area contributed by atoms with Crippen molar-refractivity contribution in [3.8, 4) is 11.5 Å². The summed E-state index contributed by atoms with van der Waals surface area (Å²) in [6.07, 6.45) is 0. The van der Waals surface area contributed by atoms with Gasteiger partial charge in [-0.3, -0.25) is 0 Å². The molecule has 2 aromatic rings. The monoisotopic (exact) mass is 293 g/mol. The Morgan fingerprint density at radius 2 is 1.95 bits per heavy atom. The van der Waals surface area contributed by atoms with Gasteiger partial charge in [-0.25, -0.2) is 9.78 Å². The third-order valence-electron chi connectivity index (χ3n) is 2.82. The summed E-state index contributed by atoms with van der Waals surface area (Å²) in [5.74, 6) is -0.963. The van der Waals surface area contributed by atoms with Gasteiger partial charge in [-0.2, -0.15) is 0 Å². The molecular weight excluding hydrogens is 278 g/mol. The molecule has 4 nitrogen and oxygen atoms in total. The van der Waals surface area contributed by atoms with Crippen LogP contribution < -0.4 is 0 Å². The predicted molar refractivity (Wildman–Crippen MR) is 77.3 cm³/mol. The van der Waals surface area contributed by atoms with Gasteiger partial charge >= 0.3 is 5.97 Å². The summed E-state index contributed by atoms with van der Waals surface area (Å²) in [5.41, 5.74) is 1.65. The van der Waals surface area contributed by atoms with Crippen LogP contribution in [-0.2, 0) is 5.41 Å². The Morgan fingerprint density at radius 3 is 2.40 bits per heavy atom. The Hall–Kier alpha value is -1.81. The van der Waals surface area contributed by atoms with Crippen LogP contribution in [0.4, 0.5) is 0 Å². The Morgan fingerprint density at radius 1 is 1.30 bits per heavy atom. The number of aromatic carboxylic acids is 1. The number of benzene rings is 1. The topological polar surface area (TPSA) is 63.3 Å². The van der Waals surface area contributed by atoms with Crippen LogP contribution >= 0.6 is 11.6 Å². The van der Waals surface area contributed by atoms with Crippen LogP contribution in [0.15, 0.2) is 22.6 Å². The van der Waals surface area contributed by atoms with E-state index in [1.54, 1.807) is 6.07 Å². The van der Waals surface area contributed by atoms with Crippen molar-refractivity contribution >= 4 is 17.6 Å². The largest absolute Gasteiger partial charge is 0.475 e. The number of halogens is 1. The fourth-order valence-electron chi connectivity index (χ4n) is 1.96. The van der Waals surface area contributed by atoms with E-state index in [0.29, 0.717) is 16.3 Å². The van der Waals surface area contributed by atoms with Gasteiger partial charge in [0, 0.05) is 16.0 Å². The molecule has 0 atom stereocenters. The highest BCUT2D eigenvalue weighted by atomic mass is 35.5. The van der Waals surface area contributed by atoms with Crippen molar-refractivity contribution in [1.29, 1.82) is 0 Å². The second kappa shape index (κ2) is 4.94. The van der Waals surface area contributed by atoms with Gasteiger partial charge in [-0.1, -0.05) is 32.4 Å². The maximum atomic E-state index is 11.3. The van der Waals surface area contributed by atoms with Gasteiger partial charge in [-0.05, 0) is 30.7 Å². The molecule has 0 fully saturated rings. The maximum Gasteiger partial charge on any atom is 0.373 e. The Bertz CT molecular complexity index is 648. The van der Waals surface area contributed by atoms with Crippen LogP contribution in [0.25, 0.3) is 11.5 Å². The van der Waals surface area contributed by atoms with E-state index >= 15 is 0 Å². The standard InChI is InChI=1S/C15H16ClNO3/c1-8-5-9(7-10(16)6-8)13-17-12(15(2,3)4)11(20-13)14(18)19/h5-7H,1-4H3,(H,18,19). The number of hydrogen-bond donors (Lipinski definition) is 1. The first-order chi connectivity index (χ1) is 9.18. The summed E-state index contributed by atoms with van der Waals surface area (Å²) >= 11 is 6.01. The lowest BCUT2D eigenvalue weighted by atomic mass is 9.91. The van der Waals surface area contributed by atoms with E-state index in [-0.39, 0.29) is 11.7 Å². The zero-order valence-corrected chi connectivity index (χ0v) is 12.6. The molecule has 1 aromatic heterocycles. The average molecular weight is 294 g/mol. The molecule has 20 heavy (non-hydrogen) atoms. The molecule has 5 heteroatoms. The molecule has 1 aromatic carbocycles. The third kappa shape index (κ3) is 2.85. The second-order valence-corrected chi connectivity index (χ2v) is 6.21. The van der Waals surface area contributed by atoms with Gasteiger partial charge in [0.1, 0.15) is 5.69 Å². The minimum Gasteiger partial charge on any atom is -0.475 e. The number of hydrogen-bond acceptors (Lipinski definition) is 3. The lowest BCUT2D eigenvalue weighted by molar-refractivity contribution is 0.0659. The first kappa shape index (κ1) is 14.6. The molecule has 0 radical (unpaired) electrons. The molecule has 0 aliphatic carbocycles. The minimum absolute atomic E-state index is 0.120. The average Bonchev–Trinajstić information content (AvgIpc) is 2.71. The first-order valence-corrected chi connectivity index (χ1v) is 6.58. The van der Waals surface area contributed by atoms with Crippen LogP contribution in [0, 0.1) is 6.92 Å². The number of aromatic nitrogens is 1. The highest BCUT2D eigenvalue weighted by Crippen LogP contribution is 2.31. The fourth-order valence-corrected chi connectivity index (χ4v) is 2.25. The van der Waals surface area contributed by atoms with E-state index < -0.39 is 11.4 Å². The maximum absolute atomic E-state index is 11.3. The molecule has 0 bridgehead atoms. The Kier molecular flexibility index (Phi) is 3.61. The summed E-state index contributed by atoms with van der Waals surface area (Å²) in [6, 6.07) is 5.38. The van der Waals surface area contributed by atoms with E-state index in [0.717, 1.165) is 5.56 Å². The zero-order chi connectivity index (χ0) is 15.1. The van der Waals surface area contributed by atoms with Crippen molar-refractivity contribution in [3.05, 3.63) is 40.2 Å². The number of carboxylic acid groups (broad SMARTS) is 1. The van der Waals surface area contributed by atoms with Crippen LogP contribution in [0.3, 0.4) is 0 Å². The number of carboxylic acids is 1. The summed E-state index contributed by atoms with van der Waals surface area (Å²) in [6.45, 7) is 7.58. The molecule has 2 rings (SSSR count). The number of carbonyl (C=O) groups is 1. The number of rotatable bonds is 2. The molecule has 1 heterocycles. The molecule has 1 N–H and O–H groups in total. The van der Waals surface area contributed by atoms with E-state index in [4.69, 9.17) is 16.0 Å². The van der Waals surface area contributed by atoms with E-state index in [1.807, 2.05) is 39.8 Å². The predicted octanol–water partition coefficient (Wildman–Crippen LogP) is 4.30. The minimum atomic E-state index is -1.12. The van der Waals surface area contributed by atoms with Crippen LogP contribution in [0.5, 0.6) is 0 Å². The van der Waals surface area contributed by atoms with Gasteiger partial charge in [0.25, 0.3) is 0 Å². The van der Waals surface area contributed by atoms with Gasteiger partial charge in [0.2, 0.25) is 11.7 Å². The first-order valence-electron chi connectivity index (χ1n) is 6.20. The van der Waals surface area contributed by atoms with Crippen molar-refractivity contribution < 1.29 is 14.3 Å². The number of oxazole rings is 1. The molecule has 0 amide bonds. The molecule has 0 spiro atoms. The van der Waals surface area contributed by atoms with Crippen molar-refractivity contribution in [2.75, 3.05) is 0 Å². The fraction of sp³-hybridized carbons (Fsp3) is 0.333. The summed E-state index contributed by atoms with van der Waals surface area (Å²) in [5, 5.41) is 9.80. The lowest BCUT2D eigenvalue weighted by Crippen LogP contribution is -2.16. The molecule has 0 saturated heterocycles. The molecule has 0 saturated carbocycles. The van der Waals surface area contributed by atoms with Crippen molar-refractivity contribution in [3.63, 3.8) is 0 Å². The normalized spacial score (nSPS) is 11.7. The number of nitrogens with zero attached hydrogens (tertiary/aromatic N) is 1. The van der Waals surface area contributed by atoms with Crippen molar-refractivity contribution in [2.45, 2.75) is 33.1 Å². The highest BCUT2D eigenvalue weighted by Gasteiger charge is 2.29. The Balaban J connectivity index is 2.62. The van der Waals surface area contributed by atoms with Crippen molar-refractivity contribution in [1.82, 2.24) is 4.98 Å². The van der Waals surface area contributed by atoms with Crippen LogP contribution in [0.1, 0.15) is 42.6 Å². The molecule has 0 aliphatic rings. The quantitative estimate of drug-likeness (QED) is 0.896. The van der Waals surface area contributed by atoms with Crippen molar-refractivity contribution in [2.24, 2.45) is 0 Å². The summed E-state index contributed by atoms with van der Waals surface area (Å²) in [7, 11) is 0. The van der Waals surface area contributed by atoms with Gasteiger partial charge in [-0.15, -0.1) is 0 Å². The summed E-state index contributed by atoms with van der Waals surface area (Å²) < 4.78 is 5.43. The lowest BCUT2D eigenvalue weighted by Gasteiger charge is -2.14. The molecular formula is C15H16ClNO3. The molecule has 0 aliphatic heterocycles. The van der Waals surface area contributed by atoms with Gasteiger partial charge in [0.05, 0.1) is 0 Å². The molecule has 106 valence electrons. The van der Waals surface area contributed by atoms with E-state index in [9.17, 15) is 9.90 Å². The van der Waals surface area contributed by atoms with E-state index in [1.165, 1.54) is 0 Å². The van der Waals surface area contributed by atoms with E-state index in [2.05, 4.69) is 4.98 Å². The van der Waals surface area contributed by atoms with Crippen LogP contribution in [-0.4, -0.2) is 16.1 Å². The van der Waals surface area contributed by atoms with Gasteiger partial charge < -0.3 is 9.52 Å². The third-order valence-corrected chi connectivity index (χ3v) is 3.04. The zero-order valence-electron chi connectivity index (χ0n) is 11.8. The Labute approximate surface area is 122 Å². The number of aryl methyl sites for hydroxylation is 1. The highest BCUT2D eigenvalue weighted by molar-refractivity contribution is 6.30. The summed E-state index contributed by atoms with van der Waals surface area (Å²) in [4.78, 5) is 15.6. The second-order valence-electron chi connectivity index (χ2n) is 5.77. The van der Waals surface area contributed by atoms with Crippen LogP contribution in [0.2, 0.25) is 5.02 Å². The van der Waals surface area contributed by atoms with Gasteiger partial charge in [0.15, 0.2) is 0 Å². The smallest absolute Gasteiger partial charge is 0.373 e. The molecule has 0 unspecified atom stereocenters. The SMILES string of the molecule is Cc1cc(Cl)cc(-c2nc(C(C)(C)C)c(C(=O)O)o2)c1.